The van der Waals surface area contributed by atoms with Gasteiger partial charge in [0.05, 0.1) is 0 Å². The van der Waals surface area contributed by atoms with E-state index in [1.165, 1.54) is 25.7 Å². The monoisotopic (exact) mass is 245 g/mol. The molecule has 15 heavy (non-hydrogen) atoms. The third-order valence-corrected chi connectivity index (χ3v) is 3.76. The number of nitrogens with zero attached hydrogens (tertiary/aromatic N) is 3. The Morgan fingerprint density at radius 2 is 1.93 bits per heavy atom. The van der Waals surface area contributed by atoms with E-state index in [1.54, 1.807) is 11.8 Å². The molecule has 0 aromatic carbocycles. The van der Waals surface area contributed by atoms with Gasteiger partial charge in [0.15, 0.2) is 5.16 Å². The second-order valence-corrected chi connectivity index (χ2v) is 5.08. The first kappa shape index (κ1) is 12.9. The van der Waals surface area contributed by atoms with Crippen molar-refractivity contribution in [3.05, 3.63) is 5.82 Å². The summed E-state index contributed by atoms with van der Waals surface area (Å²) in [4.78, 5) is 0. The van der Waals surface area contributed by atoms with E-state index < -0.39 is 0 Å². The Hall–Kier alpha value is -0.160. The van der Waals surface area contributed by atoms with Gasteiger partial charge in [-0.2, -0.15) is 12.6 Å². The fourth-order valence-electron chi connectivity index (χ4n) is 1.24. The first-order valence-electron chi connectivity index (χ1n) is 5.35. The molecule has 0 aliphatic heterocycles. The van der Waals surface area contributed by atoms with Gasteiger partial charge in [0.25, 0.3) is 0 Å². The summed E-state index contributed by atoms with van der Waals surface area (Å²) >= 11 is 5.99. The second-order valence-electron chi connectivity index (χ2n) is 3.58. The Kier molecular flexibility index (Phi) is 6.17. The van der Waals surface area contributed by atoms with E-state index in [-0.39, 0.29) is 0 Å². The Morgan fingerprint density at radius 3 is 2.53 bits per heavy atom. The van der Waals surface area contributed by atoms with Crippen LogP contribution < -0.4 is 0 Å². The standard InChI is InChI=1S/C10H19N3S2/c1-9-11-12-10(13(9)2)15-8-6-4-3-5-7-14/h14H,3-8H2,1-2H3. The number of rotatable bonds is 7. The fourth-order valence-corrected chi connectivity index (χ4v) is 2.42. The molecule has 86 valence electrons. The number of thioether (sulfide) groups is 1. The van der Waals surface area contributed by atoms with Crippen molar-refractivity contribution in [3.63, 3.8) is 0 Å². The molecule has 0 bridgehead atoms. The largest absolute Gasteiger partial charge is 0.309 e. The van der Waals surface area contributed by atoms with E-state index in [0.29, 0.717) is 0 Å². The molecule has 0 aliphatic rings. The van der Waals surface area contributed by atoms with Crippen molar-refractivity contribution in [3.8, 4) is 0 Å². The highest BCUT2D eigenvalue weighted by Crippen LogP contribution is 2.17. The number of hydrogen-bond donors (Lipinski definition) is 1. The average molecular weight is 245 g/mol. The Morgan fingerprint density at radius 1 is 1.20 bits per heavy atom. The van der Waals surface area contributed by atoms with Gasteiger partial charge < -0.3 is 4.57 Å². The summed E-state index contributed by atoms with van der Waals surface area (Å²) in [6, 6.07) is 0. The molecule has 0 aliphatic carbocycles. The fraction of sp³-hybridized carbons (Fsp3) is 0.800. The highest BCUT2D eigenvalue weighted by molar-refractivity contribution is 7.99. The molecule has 0 saturated carbocycles. The van der Waals surface area contributed by atoms with Gasteiger partial charge in [-0.3, -0.25) is 0 Å². The molecule has 5 heteroatoms. The second kappa shape index (κ2) is 7.17. The zero-order chi connectivity index (χ0) is 11.1. The predicted octanol–water partition coefficient (Wildman–Crippen LogP) is 2.71. The smallest absolute Gasteiger partial charge is 0.190 e. The molecular weight excluding hydrogens is 226 g/mol. The quantitative estimate of drug-likeness (QED) is 0.455. The Labute approximate surface area is 101 Å². The van der Waals surface area contributed by atoms with E-state index in [0.717, 1.165) is 22.5 Å². The summed E-state index contributed by atoms with van der Waals surface area (Å²) in [5.41, 5.74) is 0. The van der Waals surface area contributed by atoms with Crippen LogP contribution in [0.5, 0.6) is 0 Å². The van der Waals surface area contributed by atoms with Crippen LogP contribution in [0.2, 0.25) is 0 Å². The molecule has 1 rings (SSSR count). The number of unbranched alkanes of at least 4 members (excludes halogenated alkanes) is 3. The zero-order valence-electron chi connectivity index (χ0n) is 9.44. The van der Waals surface area contributed by atoms with Crippen LogP contribution in [-0.4, -0.2) is 26.3 Å². The van der Waals surface area contributed by atoms with E-state index in [2.05, 4.69) is 22.8 Å². The van der Waals surface area contributed by atoms with E-state index >= 15 is 0 Å². The molecule has 0 N–H and O–H groups in total. The van der Waals surface area contributed by atoms with Gasteiger partial charge >= 0.3 is 0 Å². The minimum Gasteiger partial charge on any atom is -0.309 e. The lowest BCUT2D eigenvalue weighted by Crippen LogP contribution is -1.94. The molecule has 0 saturated heterocycles. The molecule has 1 heterocycles. The van der Waals surface area contributed by atoms with Crippen LogP contribution in [0, 0.1) is 6.92 Å². The number of hydrogen-bond acceptors (Lipinski definition) is 4. The van der Waals surface area contributed by atoms with Gasteiger partial charge in [-0.05, 0) is 25.5 Å². The molecule has 0 amide bonds. The molecule has 1 aromatic rings. The molecule has 1 aromatic heterocycles. The van der Waals surface area contributed by atoms with Crippen molar-refractivity contribution < 1.29 is 0 Å². The molecule has 0 radical (unpaired) electrons. The summed E-state index contributed by atoms with van der Waals surface area (Å²) in [6.07, 6.45) is 5.08. The minimum absolute atomic E-state index is 0.979. The Bertz CT molecular complexity index is 286. The van der Waals surface area contributed by atoms with Gasteiger partial charge in [-0.25, -0.2) is 0 Å². The number of thiol groups is 1. The maximum atomic E-state index is 4.19. The van der Waals surface area contributed by atoms with E-state index in [1.807, 2.05) is 18.5 Å². The zero-order valence-corrected chi connectivity index (χ0v) is 11.2. The highest BCUT2D eigenvalue weighted by atomic mass is 32.2. The van der Waals surface area contributed by atoms with Crippen molar-refractivity contribution in [1.29, 1.82) is 0 Å². The third kappa shape index (κ3) is 4.47. The highest BCUT2D eigenvalue weighted by Gasteiger charge is 2.04. The van der Waals surface area contributed by atoms with Crippen LogP contribution in [0.1, 0.15) is 31.5 Å². The van der Waals surface area contributed by atoms with E-state index in [9.17, 15) is 0 Å². The van der Waals surface area contributed by atoms with Crippen LogP contribution in [0.15, 0.2) is 5.16 Å². The molecule has 3 nitrogen and oxygen atoms in total. The first-order valence-corrected chi connectivity index (χ1v) is 6.97. The minimum atomic E-state index is 0.979. The maximum Gasteiger partial charge on any atom is 0.190 e. The maximum absolute atomic E-state index is 4.19. The topological polar surface area (TPSA) is 30.7 Å². The average Bonchev–Trinajstić information content (AvgIpc) is 2.54. The molecule has 0 spiro atoms. The van der Waals surface area contributed by atoms with Crippen LogP contribution in [0.3, 0.4) is 0 Å². The summed E-state index contributed by atoms with van der Waals surface area (Å²) in [7, 11) is 2.01. The molecule has 0 unspecified atom stereocenters. The van der Waals surface area contributed by atoms with Crippen molar-refractivity contribution in [2.75, 3.05) is 11.5 Å². The summed E-state index contributed by atoms with van der Waals surface area (Å²) in [5, 5.41) is 9.17. The third-order valence-electron chi connectivity index (χ3n) is 2.34. The van der Waals surface area contributed by atoms with Gasteiger partial charge in [-0.15, -0.1) is 10.2 Å². The van der Waals surface area contributed by atoms with Gasteiger partial charge in [-0.1, -0.05) is 24.6 Å². The van der Waals surface area contributed by atoms with Crippen LogP contribution in [0.4, 0.5) is 0 Å². The summed E-state index contributed by atoms with van der Waals surface area (Å²) in [5.74, 6) is 3.13. The van der Waals surface area contributed by atoms with Crippen LogP contribution in [0.25, 0.3) is 0 Å². The van der Waals surface area contributed by atoms with Crippen molar-refractivity contribution in [2.45, 2.75) is 37.8 Å². The molecule has 0 fully saturated rings. The summed E-state index contributed by atoms with van der Waals surface area (Å²) < 4.78 is 2.04. The SMILES string of the molecule is Cc1nnc(SCCCCCCS)n1C. The van der Waals surface area contributed by atoms with Gasteiger partial charge in [0.2, 0.25) is 0 Å². The predicted molar refractivity (Wildman–Crippen MR) is 68.8 cm³/mol. The van der Waals surface area contributed by atoms with Crippen LogP contribution in [-0.2, 0) is 7.05 Å². The normalized spacial score (nSPS) is 10.9. The van der Waals surface area contributed by atoms with Crippen molar-refractivity contribution in [2.24, 2.45) is 7.05 Å². The molecule has 0 atom stereocenters. The van der Waals surface area contributed by atoms with E-state index in [4.69, 9.17) is 0 Å². The molecular formula is C10H19N3S2. The lowest BCUT2D eigenvalue weighted by atomic mass is 10.2. The Balaban J connectivity index is 2.12. The van der Waals surface area contributed by atoms with Crippen LogP contribution >= 0.6 is 24.4 Å². The first-order chi connectivity index (χ1) is 7.25. The van der Waals surface area contributed by atoms with Gasteiger partial charge in [0.1, 0.15) is 5.82 Å². The number of aryl methyl sites for hydroxylation is 1. The lowest BCUT2D eigenvalue weighted by molar-refractivity contribution is 0.709. The summed E-state index contributed by atoms with van der Waals surface area (Å²) in [6.45, 7) is 1.98. The lowest BCUT2D eigenvalue weighted by Gasteiger charge is -2.01. The van der Waals surface area contributed by atoms with Crippen molar-refractivity contribution in [1.82, 2.24) is 14.8 Å². The van der Waals surface area contributed by atoms with Gasteiger partial charge in [0, 0.05) is 12.8 Å². The number of aromatic nitrogens is 3. The van der Waals surface area contributed by atoms with Crippen molar-refractivity contribution >= 4 is 24.4 Å².